The molecule has 7 nitrogen and oxygen atoms in total. The highest BCUT2D eigenvalue weighted by Crippen LogP contribution is 2.28. The summed E-state index contributed by atoms with van der Waals surface area (Å²) in [6.07, 6.45) is 0.743. The van der Waals surface area contributed by atoms with Crippen LogP contribution in [0.3, 0.4) is 0 Å². The number of hydrogen-bond acceptors (Lipinski definition) is 9. The number of ether oxygens (including phenoxy) is 4. The van der Waals surface area contributed by atoms with Crippen LogP contribution in [0.15, 0.2) is 27.3 Å². The molecule has 0 N–H and O–H groups in total. The molecule has 1 heterocycles. The first-order valence-corrected chi connectivity index (χ1v) is 12.7. The monoisotopic (exact) mass is 445 g/mol. The molecule has 0 fully saturated rings. The van der Waals surface area contributed by atoms with Gasteiger partial charge in [0.05, 0.1) is 26.4 Å². The van der Waals surface area contributed by atoms with Crippen molar-refractivity contribution < 1.29 is 18.9 Å². The third kappa shape index (κ3) is 9.80. The van der Waals surface area contributed by atoms with Crippen LogP contribution >= 0.6 is 21.6 Å². The van der Waals surface area contributed by atoms with E-state index in [0.29, 0.717) is 50.5 Å². The zero-order valence-corrected chi connectivity index (χ0v) is 19.9. The molecule has 1 aliphatic heterocycles. The minimum atomic E-state index is -0.150. The summed E-state index contributed by atoms with van der Waals surface area (Å²) in [5.41, 5.74) is 0. The van der Waals surface area contributed by atoms with Crippen LogP contribution in [0.25, 0.3) is 0 Å². The second-order valence-electron chi connectivity index (χ2n) is 5.85. The van der Waals surface area contributed by atoms with E-state index in [4.69, 9.17) is 23.9 Å². The minimum absolute atomic E-state index is 0.130. The minimum Gasteiger partial charge on any atom is -0.497 e. The molecule has 0 aromatic carbocycles. The summed E-state index contributed by atoms with van der Waals surface area (Å²) in [5.74, 6) is 4.22. The SMILES string of the molecule is C=C(OCC)[C@@H](CSSC[C@@H]1N=C(OCC)CN=C1OCC)/N=C(\CC)OCC. The summed E-state index contributed by atoms with van der Waals surface area (Å²) in [7, 11) is 3.41. The van der Waals surface area contributed by atoms with Crippen molar-refractivity contribution in [2.75, 3.05) is 44.5 Å². The van der Waals surface area contributed by atoms with Crippen LogP contribution in [0, 0.1) is 0 Å². The van der Waals surface area contributed by atoms with Crippen molar-refractivity contribution in [1.82, 2.24) is 0 Å². The molecule has 166 valence electrons. The molecule has 1 rings (SSSR count). The largest absolute Gasteiger partial charge is 0.497 e. The van der Waals surface area contributed by atoms with Gasteiger partial charge in [-0.25, -0.2) is 15.0 Å². The Bertz CT molecular complexity index is 582. The highest BCUT2D eigenvalue weighted by atomic mass is 33.1. The van der Waals surface area contributed by atoms with Crippen molar-refractivity contribution in [3.05, 3.63) is 12.3 Å². The summed E-state index contributed by atoms with van der Waals surface area (Å²) < 4.78 is 22.4. The molecule has 0 spiro atoms. The van der Waals surface area contributed by atoms with Crippen LogP contribution in [-0.4, -0.2) is 74.3 Å². The van der Waals surface area contributed by atoms with E-state index in [-0.39, 0.29) is 12.1 Å². The molecule has 0 amide bonds. The standard InChI is InChI=1S/C20H35N3O4S2/c1-7-18(25-9-3)22-16(15(6)24-8-2)13-28-29-14-17-20(27-11-5)21-12-19(23-17)26-10-4/h16-17H,6-14H2,1-5H3/b22-18+/t16-,17+/m1/s1. The van der Waals surface area contributed by atoms with Gasteiger partial charge in [-0.05, 0) is 27.7 Å². The van der Waals surface area contributed by atoms with Crippen LogP contribution in [-0.2, 0) is 18.9 Å². The van der Waals surface area contributed by atoms with Crippen molar-refractivity contribution in [3.63, 3.8) is 0 Å². The summed E-state index contributed by atoms with van der Waals surface area (Å²) in [4.78, 5) is 13.8. The summed E-state index contributed by atoms with van der Waals surface area (Å²) in [6.45, 7) is 16.7. The predicted molar refractivity (Wildman–Crippen MR) is 126 cm³/mol. The van der Waals surface area contributed by atoms with E-state index in [1.807, 2.05) is 34.6 Å². The zero-order chi connectivity index (χ0) is 21.5. The topological polar surface area (TPSA) is 74.0 Å². The molecule has 9 heteroatoms. The lowest BCUT2D eigenvalue weighted by molar-refractivity contribution is 0.213. The second-order valence-corrected chi connectivity index (χ2v) is 8.40. The van der Waals surface area contributed by atoms with E-state index in [1.54, 1.807) is 21.6 Å². The Kier molecular flexibility index (Phi) is 13.7. The molecule has 0 bridgehead atoms. The average Bonchev–Trinajstić information content (AvgIpc) is 2.71. The maximum atomic E-state index is 5.66. The first kappa shape index (κ1) is 25.7. The average molecular weight is 446 g/mol. The van der Waals surface area contributed by atoms with E-state index in [9.17, 15) is 0 Å². The molecular formula is C20H35N3O4S2. The summed E-state index contributed by atoms with van der Waals surface area (Å²) in [5, 5.41) is 0. The molecule has 0 aliphatic carbocycles. The fraction of sp³-hybridized carbons (Fsp3) is 0.750. The van der Waals surface area contributed by atoms with Crippen molar-refractivity contribution in [2.45, 2.75) is 53.1 Å². The molecule has 0 radical (unpaired) electrons. The first-order valence-electron chi connectivity index (χ1n) is 10.2. The van der Waals surface area contributed by atoms with Gasteiger partial charge < -0.3 is 18.9 Å². The zero-order valence-electron chi connectivity index (χ0n) is 18.3. The van der Waals surface area contributed by atoms with Gasteiger partial charge in [-0.2, -0.15) is 0 Å². The molecule has 2 atom stereocenters. The van der Waals surface area contributed by atoms with Crippen molar-refractivity contribution in [1.29, 1.82) is 0 Å². The van der Waals surface area contributed by atoms with Gasteiger partial charge >= 0.3 is 0 Å². The van der Waals surface area contributed by atoms with Crippen LogP contribution in [0.2, 0.25) is 0 Å². The second kappa shape index (κ2) is 15.5. The summed E-state index contributed by atoms with van der Waals surface area (Å²) in [6, 6.07) is -0.280. The predicted octanol–water partition coefficient (Wildman–Crippen LogP) is 4.38. The lowest BCUT2D eigenvalue weighted by Gasteiger charge is -2.21. The van der Waals surface area contributed by atoms with Gasteiger partial charge in [0.2, 0.25) is 11.8 Å². The Morgan fingerprint density at radius 1 is 1.07 bits per heavy atom. The Hall–Kier alpha value is -1.35. The number of nitrogens with zero attached hydrogens (tertiary/aromatic N) is 3. The Morgan fingerprint density at radius 2 is 1.79 bits per heavy atom. The maximum Gasteiger partial charge on any atom is 0.210 e. The van der Waals surface area contributed by atoms with Crippen LogP contribution in [0.4, 0.5) is 0 Å². The Balaban J connectivity index is 2.66. The number of rotatable bonds is 13. The van der Waals surface area contributed by atoms with Crippen molar-refractivity contribution >= 4 is 39.3 Å². The fourth-order valence-corrected chi connectivity index (χ4v) is 4.73. The van der Waals surface area contributed by atoms with E-state index in [2.05, 4.69) is 16.6 Å². The molecule has 0 aromatic rings. The van der Waals surface area contributed by atoms with E-state index in [1.165, 1.54) is 0 Å². The smallest absolute Gasteiger partial charge is 0.210 e. The molecule has 0 saturated carbocycles. The van der Waals surface area contributed by atoms with Crippen molar-refractivity contribution in [3.8, 4) is 0 Å². The van der Waals surface area contributed by atoms with E-state index >= 15 is 0 Å². The highest BCUT2D eigenvalue weighted by Gasteiger charge is 2.23. The van der Waals surface area contributed by atoms with Gasteiger partial charge in [0.1, 0.15) is 24.4 Å². The number of aliphatic imine (C=N–C) groups is 3. The molecule has 0 aromatic heterocycles. The van der Waals surface area contributed by atoms with Gasteiger partial charge in [0.15, 0.2) is 5.90 Å². The lowest BCUT2D eigenvalue weighted by atomic mass is 10.3. The number of hydrogen-bond donors (Lipinski definition) is 0. The molecule has 0 saturated heterocycles. The van der Waals surface area contributed by atoms with Gasteiger partial charge in [0, 0.05) is 17.9 Å². The first-order chi connectivity index (χ1) is 14.1. The van der Waals surface area contributed by atoms with Crippen LogP contribution < -0.4 is 0 Å². The molecule has 0 unspecified atom stereocenters. The van der Waals surface area contributed by atoms with Gasteiger partial charge in [-0.15, -0.1) is 0 Å². The Labute approximate surface area is 183 Å². The summed E-state index contributed by atoms with van der Waals surface area (Å²) >= 11 is 0. The molecular weight excluding hydrogens is 410 g/mol. The molecule has 1 aliphatic rings. The third-order valence-corrected chi connectivity index (χ3v) is 6.09. The van der Waals surface area contributed by atoms with Gasteiger partial charge in [-0.1, -0.05) is 35.1 Å². The third-order valence-electron chi connectivity index (χ3n) is 3.71. The molecule has 29 heavy (non-hydrogen) atoms. The normalized spacial score (nSPS) is 17.8. The van der Waals surface area contributed by atoms with Crippen LogP contribution in [0.5, 0.6) is 0 Å². The van der Waals surface area contributed by atoms with Crippen molar-refractivity contribution in [2.24, 2.45) is 15.0 Å². The van der Waals surface area contributed by atoms with E-state index in [0.717, 1.165) is 23.8 Å². The highest BCUT2D eigenvalue weighted by molar-refractivity contribution is 8.76. The fourth-order valence-electron chi connectivity index (χ4n) is 2.45. The van der Waals surface area contributed by atoms with Gasteiger partial charge in [-0.3, -0.25) is 0 Å². The van der Waals surface area contributed by atoms with Crippen LogP contribution in [0.1, 0.15) is 41.0 Å². The lowest BCUT2D eigenvalue weighted by Crippen LogP contribution is -2.31. The Morgan fingerprint density at radius 3 is 2.41 bits per heavy atom. The quantitative estimate of drug-likeness (QED) is 0.138. The van der Waals surface area contributed by atoms with Gasteiger partial charge in [0.25, 0.3) is 0 Å². The maximum absolute atomic E-state index is 5.66. The van der Waals surface area contributed by atoms with E-state index < -0.39 is 0 Å².